The molecule has 1 aromatic carbocycles. The zero-order valence-corrected chi connectivity index (χ0v) is 17.0. The number of hydrogen-bond acceptors (Lipinski definition) is 6. The summed E-state index contributed by atoms with van der Waals surface area (Å²) in [6.45, 7) is 1.78. The molecule has 0 radical (unpaired) electrons. The molecule has 11 heteroatoms. The van der Waals surface area contributed by atoms with Gasteiger partial charge in [-0.15, -0.1) is 0 Å². The molecule has 0 unspecified atom stereocenters. The highest BCUT2D eigenvalue weighted by molar-refractivity contribution is 9.10. The molecule has 0 saturated heterocycles. The largest absolute Gasteiger partial charge is 0.328 e. The number of anilines is 2. The number of carbonyl (C=O) groups is 2. The SMILES string of the molecule is C[C@H](NC(=O)Nc1cc2c(cc1Br)CCC(=O)N2)c1ncnn1-c1ncccn1. The molecule has 0 spiro atoms. The summed E-state index contributed by atoms with van der Waals surface area (Å²) in [6.07, 6.45) is 5.71. The summed E-state index contributed by atoms with van der Waals surface area (Å²) >= 11 is 3.47. The van der Waals surface area contributed by atoms with Gasteiger partial charge in [-0.3, -0.25) is 4.79 Å². The molecule has 148 valence electrons. The van der Waals surface area contributed by atoms with Gasteiger partial charge < -0.3 is 16.0 Å². The van der Waals surface area contributed by atoms with Gasteiger partial charge in [0.2, 0.25) is 5.91 Å². The maximum absolute atomic E-state index is 12.5. The lowest BCUT2D eigenvalue weighted by molar-refractivity contribution is -0.116. The number of urea groups is 1. The van der Waals surface area contributed by atoms with E-state index in [-0.39, 0.29) is 5.91 Å². The summed E-state index contributed by atoms with van der Waals surface area (Å²) in [5, 5.41) is 12.6. The van der Waals surface area contributed by atoms with Crippen LogP contribution in [-0.4, -0.2) is 36.7 Å². The zero-order chi connectivity index (χ0) is 20.4. The highest BCUT2D eigenvalue weighted by Crippen LogP contribution is 2.32. The van der Waals surface area contributed by atoms with Crippen molar-refractivity contribution in [3.05, 3.63) is 52.8 Å². The van der Waals surface area contributed by atoms with Crippen LogP contribution in [0.3, 0.4) is 0 Å². The Morgan fingerprint density at radius 3 is 2.83 bits per heavy atom. The van der Waals surface area contributed by atoms with Crippen molar-refractivity contribution in [1.82, 2.24) is 30.0 Å². The van der Waals surface area contributed by atoms with Crippen molar-refractivity contribution in [2.45, 2.75) is 25.8 Å². The van der Waals surface area contributed by atoms with Crippen LogP contribution in [0.25, 0.3) is 5.95 Å². The van der Waals surface area contributed by atoms with Gasteiger partial charge in [0.05, 0.1) is 11.7 Å². The predicted octanol–water partition coefficient (Wildman–Crippen LogP) is 2.59. The quantitative estimate of drug-likeness (QED) is 0.553. The fraction of sp³-hybridized carbons (Fsp3) is 0.222. The number of nitrogens with one attached hydrogen (secondary N) is 3. The van der Waals surface area contributed by atoms with Crippen molar-refractivity contribution < 1.29 is 9.59 Å². The maximum Gasteiger partial charge on any atom is 0.319 e. The minimum atomic E-state index is -0.461. The molecule has 3 aromatic rings. The first-order chi connectivity index (χ1) is 14.0. The second-order valence-electron chi connectivity index (χ2n) is 6.44. The van der Waals surface area contributed by atoms with Crippen LogP contribution < -0.4 is 16.0 Å². The van der Waals surface area contributed by atoms with Crippen LogP contribution >= 0.6 is 15.9 Å². The number of amides is 3. The average molecular weight is 457 g/mol. The van der Waals surface area contributed by atoms with Gasteiger partial charge in [-0.2, -0.15) is 9.78 Å². The van der Waals surface area contributed by atoms with E-state index in [1.807, 2.05) is 6.07 Å². The Morgan fingerprint density at radius 2 is 2.03 bits per heavy atom. The van der Waals surface area contributed by atoms with Crippen LogP contribution in [0.4, 0.5) is 16.2 Å². The Balaban J connectivity index is 1.48. The minimum Gasteiger partial charge on any atom is -0.328 e. The second-order valence-corrected chi connectivity index (χ2v) is 7.29. The van der Waals surface area contributed by atoms with Gasteiger partial charge in [-0.1, -0.05) is 0 Å². The molecular weight excluding hydrogens is 440 g/mol. The summed E-state index contributed by atoms with van der Waals surface area (Å²) in [6, 6.07) is 4.45. The molecule has 3 amide bonds. The summed E-state index contributed by atoms with van der Waals surface area (Å²) in [7, 11) is 0. The highest BCUT2D eigenvalue weighted by Gasteiger charge is 2.20. The fourth-order valence-electron chi connectivity index (χ4n) is 3.01. The van der Waals surface area contributed by atoms with Crippen molar-refractivity contribution in [1.29, 1.82) is 0 Å². The van der Waals surface area contributed by atoms with E-state index in [4.69, 9.17) is 0 Å². The topological polar surface area (TPSA) is 127 Å². The van der Waals surface area contributed by atoms with E-state index in [9.17, 15) is 9.59 Å². The van der Waals surface area contributed by atoms with Crippen molar-refractivity contribution in [2.24, 2.45) is 0 Å². The number of nitrogens with zero attached hydrogens (tertiary/aromatic N) is 5. The van der Waals surface area contributed by atoms with Gasteiger partial charge >= 0.3 is 6.03 Å². The number of benzene rings is 1. The first-order valence-corrected chi connectivity index (χ1v) is 9.67. The van der Waals surface area contributed by atoms with Gasteiger partial charge in [-0.05, 0) is 53.0 Å². The lowest BCUT2D eigenvalue weighted by atomic mass is 10.0. The fourth-order valence-corrected chi connectivity index (χ4v) is 3.50. The number of hydrogen-bond donors (Lipinski definition) is 3. The van der Waals surface area contributed by atoms with Gasteiger partial charge in [0, 0.05) is 29.0 Å². The summed E-state index contributed by atoms with van der Waals surface area (Å²) in [5.74, 6) is 0.816. The first kappa shape index (κ1) is 19.0. The number of rotatable bonds is 4. The molecular formula is C18H17BrN8O2. The van der Waals surface area contributed by atoms with Crippen LogP contribution in [0.2, 0.25) is 0 Å². The van der Waals surface area contributed by atoms with E-state index in [2.05, 4.69) is 51.9 Å². The molecule has 1 aliphatic heterocycles. The van der Waals surface area contributed by atoms with Crippen LogP contribution in [0.1, 0.15) is 30.8 Å². The molecule has 10 nitrogen and oxygen atoms in total. The molecule has 1 aliphatic rings. The van der Waals surface area contributed by atoms with E-state index < -0.39 is 12.1 Å². The summed E-state index contributed by atoms with van der Waals surface area (Å²) in [5.41, 5.74) is 2.27. The highest BCUT2D eigenvalue weighted by atomic mass is 79.9. The monoisotopic (exact) mass is 456 g/mol. The molecule has 0 aliphatic carbocycles. The zero-order valence-electron chi connectivity index (χ0n) is 15.4. The van der Waals surface area contributed by atoms with Gasteiger partial charge in [0.1, 0.15) is 6.33 Å². The summed E-state index contributed by atoms with van der Waals surface area (Å²) < 4.78 is 2.20. The predicted molar refractivity (Wildman–Crippen MR) is 109 cm³/mol. The van der Waals surface area contributed by atoms with Crippen molar-refractivity contribution in [3.63, 3.8) is 0 Å². The molecule has 0 fully saturated rings. The molecule has 2 aromatic heterocycles. The Labute approximate surface area is 174 Å². The molecule has 3 heterocycles. The van der Waals surface area contributed by atoms with Gasteiger partial charge in [0.15, 0.2) is 5.82 Å². The molecule has 0 saturated carbocycles. The molecule has 4 rings (SSSR count). The third-order valence-electron chi connectivity index (χ3n) is 4.39. The molecule has 3 N–H and O–H groups in total. The minimum absolute atomic E-state index is 0.0358. The molecule has 0 bridgehead atoms. The van der Waals surface area contributed by atoms with E-state index in [0.29, 0.717) is 36.0 Å². The standard InChI is InChI=1S/C18H17BrN8O2/c1-10(16-22-9-23-27(16)17-20-5-2-6-21-17)24-18(29)26-14-8-13-11(7-12(14)19)3-4-15(28)25-13/h2,5-10H,3-4H2,1H3,(H,25,28)(H2,24,26,29)/t10-/m0/s1. The third-order valence-corrected chi connectivity index (χ3v) is 5.04. The van der Waals surface area contributed by atoms with Gasteiger partial charge in [-0.25, -0.2) is 19.7 Å². The molecule has 29 heavy (non-hydrogen) atoms. The Bertz CT molecular complexity index is 1070. The van der Waals surface area contributed by atoms with E-state index in [1.165, 1.54) is 11.0 Å². The number of aryl methyl sites for hydroxylation is 1. The van der Waals surface area contributed by atoms with Crippen LogP contribution in [-0.2, 0) is 11.2 Å². The van der Waals surface area contributed by atoms with E-state index in [0.717, 1.165) is 10.0 Å². The average Bonchev–Trinajstić information content (AvgIpc) is 3.19. The molecule has 1 atom stereocenters. The number of fused-ring (bicyclic) bond motifs is 1. The Kier molecular flexibility index (Phi) is 5.21. The number of halogens is 1. The Hall–Kier alpha value is -3.34. The van der Waals surface area contributed by atoms with Crippen molar-refractivity contribution in [3.8, 4) is 5.95 Å². The van der Waals surface area contributed by atoms with Gasteiger partial charge in [0.25, 0.3) is 5.95 Å². The third kappa shape index (κ3) is 4.09. The van der Waals surface area contributed by atoms with Crippen molar-refractivity contribution >= 4 is 39.2 Å². The van der Waals surface area contributed by atoms with E-state index >= 15 is 0 Å². The smallest absolute Gasteiger partial charge is 0.319 e. The van der Waals surface area contributed by atoms with Crippen LogP contribution in [0.15, 0.2) is 41.4 Å². The number of carbonyl (C=O) groups excluding carboxylic acids is 2. The van der Waals surface area contributed by atoms with Crippen LogP contribution in [0.5, 0.6) is 0 Å². The lowest BCUT2D eigenvalue weighted by Gasteiger charge is -2.20. The van der Waals surface area contributed by atoms with E-state index in [1.54, 1.807) is 31.5 Å². The van der Waals surface area contributed by atoms with Crippen molar-refractivity contribution in [2.75, 3.05) is 10.6 Å². The Morgan fingerprint density at radius 1 is 1.24 bits per heavy atom. The second kappa shape index (κ2) is 7.95. The summed E-state index contributed by atoms with van der Waals surface area (Å²) in [4.78, 5) is 36.7. The first-order valence-electron chi connectivity index (χ1n) is 8.88. The maximum atomic E-state index is 12.5. The normalized spacial score (nSPS) is 13.9. The lowest BCUT2D eigenvalue weighted by Crippen LogP contribution is -2.33. The number of aromatic nitrogens is 5. The van der Waals surface area contributed by atoms with Crippen LogP contribution in [0, 0.1) is 0 Å².